The van der Waals surface area contributed by atoms with Crippen molar-refractivity contribution in [2.75, 3.05) is 26.7 Å². The number of nitrogens with two attached hydrogens (primary N) is 1. The fraction of sp³-hybridized carbons (Fsp3) is 0.857. The highest BCUT2D eigenvalue weighted by Gasteiger charge is 2.17. The van der Waals surface area contributed by atoms with Crippen LogP contribution in [0.2, 0.25) is 0 Å². The summed E-state index contributed by atoms with van der Waals surface area (Å²) in [7, 11) is 1.59. The molecule has 0 aliphatic rings. The van der Waals surface area contributed by atoms with E-state index in [0.29, 0.717) is 25.4 Å². The third kappa shape index (κ3) is 7.82. The standard InChI is InChI=1S/C14H29N3O2/c1-4-10-17(11-13(18)16-3)14(19)7-6-12(5-2)8-9-15/h12H,4-11,15H2,1-3H3,(H,16,18). The highest BCUT2D eigenvalue weighted by Crippen LogP contribution is 2.15. The molecule has 0 saturated carbocycles. The summed E-state index contributed by atoms with van der Waals surface area (Å²) in [4.78, 5) is 25.1. The molecule has 1 unspecified atom stereocenters. The maximum Gasteiger partial charge on any atom is 0.239 e. The van der Waals surface area contributed by atoms with Crippen molar-refractivity contribution < 1.29 is 9.59 Å². The highest BCUT2D eigenvalue weighted by atomic mass is 16.2. The van der Waals surface area contributed by atoms with Gasteiger partial charge in [0.2, 0.25) is 11.8 Å². The maximum atomic E-state index is 12.1. The summed E-state index contributed by atoms with van der Waals surface area (Å²) in [6, 6.07) is 0. The summed E-state index contributed by atoms with van der Waals surface area (Å²) in [5.74, 6) is 0.467. The van der Waals surface area contributed by atoms with Crippen molar-refractivity contribution in [3.63, 3.8) is 0 Å². The molecule has 1 atom stereocenters. The second kappa shape index (κ2) is 10.8. The summed E-state index contributed by atoms with van der Waals surface area (Å²) in [5, 5.41) is 2.56. The number of amides is 2. The first-order valence-corrected chi connectivity index (χ1v) is 7.27. The van der Waals surface area contributed by atoms with E-state index >= 15 is 0 Å². The lowest BCUT2D eigenvalue weighted by Crippen LogP contribution is -2.40. The summed E-state index contributed by atoms with van der Waals surface area (Å²) in [5.41, 5.74) is 5.55. The van der Waals surface area contributed by atoms with Crippen LogP contribution in [0.25, 0.3) is 0 Å². The molecule has 0 radical (unpaired) electrons. The minimum absolute atomic E-state index is 0.0703. The highest BCUT2D eigenvalue weighted by molar-refractivity contribution is 5.84. The Morgan fingerprint density at radius 2 is 1.95 bits per heavy atom. The van der Waals surface area contributed by atoms with Crippen LogP contribution in [-0.4, -0.2) is 43.4 Å². The van der Waals surface area contributed by atoms with E-state index < -0.39 is 0 Å². The van der Waals surface area contributed by atoms with Gasteiger partial charge in [-0.15, -0.1) is 0 Å². The van der Waals surface area contributed by atoms with E-state index in [0.717, 1.165) is 25.7 Å². The number of hydrogen-bond acceptors (Lipinski definition) is 3. The molecule has 0 fully saturated rings. The van der Waals surface area contributed by atoms with Gasteiger partial charge >= 0.3 is 0 Å². The molecular formula is C14H29N3O2. The number of rotatable bonds is 10. The molecule has 0 rings (SSSR count). The summed E-state index contributed by atoms with van der Waals surface area (Å²) in [6.07, 6.45) is 4.25. The third-order valence-electron chi connectivity index (χ3n) is 3.38. The number of nitrogens with one attached hydrogen (secondary N) is 1. The zero-order valence-electron chi connectivity index (χ0n) is 12.6. The van der Waals surface area contributed by atoms with E-state index in [1.54, 1.807) is 11.9 Å². The van der Waals surface area contributed by atoms with Crippen LogP contribution >= 0.6 is 0 Å². The number of carbonyl (C=O) groups excluding carboxylic acids is 2. The van der Waals surface area contributed by atoms with E-state index in [-0.39, 0.29) is 18.4 Å². The minimum atomic E-state index is -0.115. The zero-order chi connectivity index (χ0) is 14.7. The van der Waals surface area contributed by atoms with Crippen molar-refractivity contribution in [2.24, 2.45) is 11.7 Å². The summed E-state index contributed by atoms with van der Waals surface area (Å²) in [6.45, 7) is 5.60. The number of likely N-dealkylation sites (N-methyl/N-ethyl adjacent to an activating group) is 1. The van der Waals surface area contributed by atoms with Crippen LogP contribution in [-0.2, 0) is 9.59 Å². The molecule has 2 amide bonds. The Bertz CT molecular complexity index is 269. The van der Waals surface area contributed by atoms with Gasteiger partial charge in [0.15, 0.2) is 0 Å². The first-order valence-electron chi connectivity index (χ1n) is 7.27. The van der Waals surface area contributed by atoms with E-state index in [1.165, 1.54) is 0 Å². The molecule has 5 heteroatoms. The number of carbonyl (C=O) groups is 2. The van der Waals surface area contributed by atoms with Crippen molar-refractivity contribution in [3.8, 4) is 0 Å². The Morgan fingerprint density at radius 3 is 2.42 bits per heavy atom. The smallest absolute Gasteiger partial charge is 0.239 e. The van der Waals surface area contributed by atoms with Gasteiger partial charge in [0.25, 0.3) is 0 Å². The van der Waals surface area contributed by atoms with E-state index in [1.807, 2.05) is 6.92 Å². The van der Waals surface area contributed by atoms with Gasteiger partial charge < -0.3 is 16.0 Å². The fourth-order valence-electron chi connectivity index (χ4n) is 2.09. The van der Waals surface area contributed by atoms with Crippen LogP contribution in [0.4, 0.5) is 0 Å². The second-order valence-corrected chi connectivity index (χ2v) is 4.88. The molecule has 0 aromatic carbocycles. The quantitative estimate of drug-likeness (QED) is 0.625. The van der Waals surface area contributed by atoms with Gasteiger partial charge in [0, 0.05) is 20.0 Å². The summed E-state index contributed by atoms with van der Waals surface area (Å²) < 4.78 is 0. The normalized spacial score (nSPS) is 12.0. The predicted molar refractivity (Wildman–Crippen MR) is 77.6 cm³/mol. The Morgan fingerprint density at radius 1 is 1.26 bits per heavy atom. The molecule has 3 N–H and O–H groups in total. The minimum Gasteiger partial charge on any atom is -0.358 e. The largest absolute Gasteiger partial charge is 0.358 e. The van der Waals surface area contributed by atoms with Crippen molar-refractivity contribution in [2.45, 2.75) is 46.0 Å². The van der Waals surface area contributed by atoms with Crippen molar-refractivity contribution in [1.82, 2.24) is 10.2 Å². The Hall–Kier alpha value is -1.10. The molecule has 0 spiro atoms. The lowest BCUT2D eigenvalue weighted by atomic mass is 9.96. The predicted octanol–water partition coefficient (Wildman–Crippen LogP) is 1.13. The van der Waals surface area contributed by atoms with Crippen LogP contribution < -0.4 is 11.1 Å². The first-order chi connectivity index (χ1) is 9.08. The molecule has 0 aromatic rings. The Kier molecular flexibility index (Phi) is 10.2. The average molecular weight is 271 g/mol. The van der Waals surface area contributed by atoms with Crippen molar-refractivity contribution in [1.29, 1.82) is 0 Å². The maximum absolute atomic E-state index is 12.1. The molecule has 0 aliphatic carbocycles. The molecule has 5 nitrogen and oxygen atoms in total. The Balaban J connectivity index is 4.26. The van der Waals surface area contributed by atoms with Crippen LogP contribution in [0.5, 0.6) is 0 Å². The van der Waals surface area contributed by atoms with Crippen molar-refractivity contribution in [3.05, 3.63) is 0 Å². The molecule has 0 heterocycles. The SMILES string of the molecule is CCCN(CC(=O)NC)C(=O)CCC(CC)CCN. The average Bonchev–Trinajstić information content (AvgIpc) is 2.42. The molecule has 112 valence electrons. The molecule has 0 aliphatic heterocycles. The van der Waals surface area contributed by atoms with Gasteiger partial charge in [-0.2, -0.15) is 0 Å². The van der Waals surface area contributed by atoms with Crippen LogP contribution in [0.15, 0.2) is 0 Å². The summed E-state index contributed by atoms with van der Waals surface area (Å²) >= 11 is 0. The van der Waals surface area contributed by atoms with Crippen LogP contribution in [0.3, 0.4) is 0 Å². The van der Waals surface area contributed by atoms with Gasteiger partial charge in [-0.25, -0.2) is 0 Å². The lowest BCUT2D eigenvalue weighted by Gasteiger charge is -2.22. The van der Waals surface area contributed by atoms with E-state index in [4.69, 9.17) is 5.73 Å². The van der Waals surface area contributed by atoms with Gasteiger partial charge in [-0.05, 0) is 31.7 Å². The van der Waals surface area contributed by atoms with Crippen molar-refractivity contribution >= 4 is 11.8 Å². The monoisotopic (exact) mass is 271 g/mol. The topological polar surface area (TPSA) is 75.4 Å². The second-order valence-electron chi connectivity index (χ2n) is 4.88. The number of nitrogens with zero attached hydrogens (tertiary/aromatic N) is 1. The van der Waals surface area contributed by atoms with Gasteiger partial charge in [-0.1, -0.05) is 20.3 Å². The van der Waals surface area contributed by atoms with Gasteiger partial charge in [0.1, 0.15) is 0 Å². The third-order valence-corrected chi connectivity index (χ3v) is 3.38. The number of hydrogen-bond donors (Lipinski definition) is 2. The van der Waals surface area contributed by atoms with Crippen LogP contribution in [0, 0.1) is 5.92 Å². The van der Waals surface area contributed by atoms with E-state index in [2.05, 4.69) is 12.2 Å². The van der Waals surface area contributed by atoms with Crippen LogP contribution in [0.1, 0.15) is 46.0 Å². The van der Waals surface area contributed by atoms with Gasteiger partial charge in [-0.3, -0.25) is 9.59 Å². The zero-order valence-corrected chi connectivity index (χ0v) is 12.6. The molecule has 19 heavy (non-hydrogen) atoms. The molecule has 0 saturated heterocycles. The molecular weight excluding hydrogens is 242 g/mol. The van der Waals surface area contributed by atoms with E-state index in [9.17, 15) is 9.59 Å². The van der Waals surface area contributed by atoms with Gasteiger partial charge in [0.05, 0.1) is 6.54 Å². The fourth-order valence-corrected chi connectivity index (χ4v) is 2.09. The lowest BCUT2D eigenvalue weighted by molar-refractivity contribution is -0.136. The molecule has 0 bridgehead atoms. The first kappa shape index (κ1) is 17.9. The molecule has 0 aromatic heterocycles. The Labute approximate surface area is 116 Å².